The molecule has 2 aromatic rings. The van der Waals surface area contributed by atoms with Gasteiger partial charge in [-0.15, -0.1) is 0 Å². The van der Waals surface area contributed by atoms with Crippen LogP contribution in [0.2, 0.25) is 0 Å². The molecule has 0 saturated heterocycles. The van der Waals surface area contributed by atoms with Crippen molar-refractivity contribution in [3.63, 3.8) is 0 Å². The summed E-state index contributed by atoms with van der Waals surface area (Å²) in [5, 5.41) is 13.1. The second-order valence-electron chi connectivity index (χ2n) is 4.85. The van der Waals surface area contributed by atoms with Crippen LogP contribution in [-0.4, -0.2) is 43.8 Å². The van der Waals surface area contributed by atoms with Crippen molar-refractivity contribution in [2.45, 2.75) is 25.9 Å². The molecule has 0 bridgehead atoms. The summed E-state index contributed by atoms with van der Waals surface area (Å²) in [5.41, 5.74) is 1.02. The molecule has 2 rings (SSSR count). The van der Waals surface area contributed by atoms with Gasteiger partial charge in [-0.1, -0.05) is 0 Å². The van der Waals surface area contributed by atoms with Crippen LogP contribution in [0, 0.1) is 0 Å². The van der Waals surface area contributed by atoms with E-state index in [0.717, 1.165) is 5.56 Å². The van der Waals surface area contributed by atoms with Crippen molar-refractivity contribution >= 4 is 5.91 Å². The average molecular weight is 288 g/mol. The number of aromatic nitrogens is 3. The standard InChI is InChI=1S/C15H20N4O2/c1-13(19-10-2-6-17-19)15(21)18(9-3-11-20)12-14-4-7-16-8-5-14/h2,4-8,10,13,20H,3,9,11-12H2,1H3/t13-/m0/s1. The highest BCUT2D eigenvalue weighted by atomic mass is 16.3. The minimum Gasteiger partial charge on any atom is -0.396 e. The number of amides is 1. The Morgan fingerprint density at radius 3 is 2.76 bits per heavy atom. The number of hydrogen-bond acceptors (Lipinski definition) is 4. The number of hydrogen-bond donors (Lipinski definition) is 1. The highest BCUT2D eigenvalue weighted by Gasteiger charge is 2.22. The summed E-state index contributed by atoms with van der Waals surface area (Å²) in [5.74, 6) is -0.0102. The Morgan fingerprint density at radius 2 is 2.14 bits per heavy atom. The van der Waals surface area contributed by atoms with Crippen LogP contribution >= 0.6 is 0 Å². The fourth-order valence-corrected chi connectivity index (χ4v) is 2.12. The fraction of sp³-hybridized carbons (Fsp3) is 0.400. The lowest BCUT2D eigenvalue weighted by Gasteiger charge is -2.26. The molecule has 0 fully saturated rings. The van der Waals surface area contributed by atoms with Crippen molar-refractivity contribution in [2.24, 2.45) is 0 Å². The summed E-state index contributed by atoms with van der Waals surface area (Å²) < 4.78 is 1.64. The van der Waals surface area contributed by atoms with Gasteiger partial charge in [-0.05, 0) is 37.1 Å². The zero-order valence-corrected chi connectivity index (χ0v) is 12.1. The van der Waals surface area contributed by atoms with E-state index in [1.165, 1.54) is 0 Å². The maximum absolute atomic E-state index is 12.6. The van der Waals surface area contributed by atoms with Crippen molar-refractivity contribution in [1.82, 2.24) is 19.7 Å². The largest absolute Gasteiger partial charge is 0.396 e. The molecule has 112 valence electrons. The molecule has 0 spiro atoms. The Kier molecular flexibility index (Phi) is 5.45. The second-order valence-corrected chi connectivity index (χ2v) is 4.85. The maximum Gasteiger partial charge on any atom is 0.247 e. The van der Waals surface area contributed by atoms with E-state index in [1.807, 2.05) is 19.1 Å². The van der Waals surface area contributed by atoms with E-state index in [9.17, 15) is 4.79 Å². The summed E-state index contributed by atoms with van der Waals surface area (Å²) in [4.78, 5) is 18.3. The first-order chi connectivity index (χ1) is 10.2. The number of nitrogens with zero attached hydrogens (tertiary/aromatic N) is 4. The van der Waals surface area contributed by atoms with Crippen molar-refractivity contribution < 1.29 is 9.90 Å². The van der Waals surface area contributed by atoms with E-state index in [4.69, 9.17) is 5.11 Å². The smallest absolute Gasteiger partial charge is 0.247 e. The molecule has 0 aromatic carbocycles. The van der Waals surface area contributed by atoms with Gasteiger partial charge in [-0.2, -0.15) is 5.10 Å². The summed E-state index contributed by atoms with van der Waals surface area (Å²) in [7, 11) is 0. The number of pyridine rings is 1. The molecule has 6 heteroatoms. The zero-order chi connectivity index (χ0) is 15.1. The van der Waals surface area contributed by atoms with Crippen molar-refractivity contribution in [2.75, 3.05) is 13.2 Å². The number of rotatable bonds is 7. The molecule has 0 radical (unpaired) electrons. The van der Waals surface area contributed by atoms with E-state index < -0.39 is 0 Å². The third-order valence-corrected chi connectivity index (χ3v) is 3.30. The lowest BCUT2D eigenvalue weighted by Crippen LogP contribution is -2.37. The summed E-state index contributed by atoms with van der Waals surface area (Å²) in [6.45, 7) is 2.92. The number of aliphatic hydroxyl groups excluding tert-OH is 1. The maximum atomic E-state index is 12.6. The van der Waals surface area contributed by atoms with Crippen LogP contribution in [0.3, 0.4) is 0 Å². The predicted molar refractivity (Wildman–Crippen MR) is 78.3 cm³/mol. The van der Waals surface area contributed by atoms with Gasteiger partial charge in [0.1, 0.15) is 6.04 Å². The molecule has 21 heavy (non-hydrogen) atoms. The minimum atomic E-state index is -0.361. The minimum absolute atomic E-state index is 0.0102. The summed E-state index contributed by atoms with van der Waals surface area (Å²) in [6, 6.07) is 5.21. The molecule has 1 N–H and O–H groups in total. The van der Waals surface area contributed by atoms with Gasteiger partial charge in [0.25, 0.3) is 0 Å². The predicted octanol–water partition coefficient (Wildman–Crippen LogP) is 1.25. The number of carbonyl (C=O) groups excluding carboxylic acids is 1. The average Bonchev–Trinajstić information content (AvgIpc) is 3.05. The first-order valence-electron chi connectivity index (χ1n) is 7.00. The fourth-order valence-electron chi connectivity index (χ4n) is 2.12. The molecular weight excluding hydrogens is 268 g/mol. The van der Waals surface area contributed by atoms with Gasteiger partial charge < -0.3 is 10.0 Å². The van der Waals surface area contributed by atoms with Crippen molar-refractivity contribution in [3.05, 3.63) is 48.5 Å². The van der Waals surface area contributed by atoms with Gasteiger partial charge in [0.15, 0.2) is 0 Å². The van der Waals surface area contributed by atoms with Crippen LogP contribution in [0.4, 0.5) is 0 Å². The van der Waals surface area contributed by atoms with Crippen molar-refractivity contribution in [3.8, 4) is 0 Å². The Balaban J connectivity index is 2.09. The van der Waals surface area contributed by atoms with Crippen molar-refractivity contribution in [1.29, 1.82) is 0 Å². The van der Waals surface area contributed by atoms with Crippen LogP contribution in [-0.2, 0) is 11.3 Å². The van der Waals surface area contributed by atoms with Crippen LogP contribution in [0.5, 0.6) is 0 Å². The number of carbonyl (C=O) groups is 1. The molecule has 6 nitrogen and oxygen atoms in total. The Bertz CT molecular complexity index is 542. The second kappa shape index (κ2) is 7.54. The van der Waals surface area contributed by atoms with E-state index in [1.54, 1.807) is 40.4 Å². The first-order valence-corrected chi connectivity index (χ1v) is 7.00. The van der Waals surface area contributed by atoms with Crippen LogP contribution in [0.1, 0.15) is 24.9 Å². The first kappa shape index (κ1) is 15.2. The molecule has 1 amide bonds. The highest BCUT2D eigenvalue weighted by Crippen LogP contribution is 2.12. The molecule has 0 saturated carbocycles. The third kappa shape index (κ3) is 4.13. The molecule has 0 aliphatic heterocycles. The van der Waals surface area contributed by atoms with Gasteiger partial charge in [0.05, 0.1) is 0 Å². The monoisotopic (exact) mass is 288 g/mol. The van der Waals surface area contributed by atoms with E-state index in [0.29, 0.717) is 19.5 Å². The Hall–Kier alpha value is -2.21. The normalized spacial score (nSPS) is 12.1. The molecule has 2 heterocycles. The van der Waals surface area contributed by atoms with Gasteiger partial charge in [0.2, 0.25) is 5.91 Å². The highest BCUT2D eigenvalue weighted by molar-refractivity contribution is 5.80. The summed E-state index contributed by atoms with van der Waals surface area (Å²) >= 11 is 0. The third-order valence-electron chi connectivity index (χ3n) is 3.30. The molecule has 1 atom stereocenters. The van der Waals surface area contributed by atoms with E-state index >= 15 is 0 Å². The van der Waals surface area contributed by atoms with E-state index in [-0.39, 0.29) is 18.6 Å². The van der Waals surface area contributed by atoms with Gasteiger partial charge in [0, 0.05) is 44.5 Å². The molecule has 0 unspecified atom stereocenters. The Morgan fingerprint density at radius 1 is 1.38 bits per heavy atom. The van der Waals surface area contributed by atoms with Crippen LogP contribution in [0.25, 0.3) is 0 Å². The molecule has 0 aliphatic carbocycles. The van der Waals surface area contributed by atoms with Gasteiger partial charge in [-0.3, -0.25) is 14.5 Å². The quantitative estimate of drug-likeness (QED) is 0.832. The molecule has 0 aliphatic rings. The lowest BCUT2D eigenvalue weighted by atomic mass is 10.2. The summed E-state index contributed by atoms with van der Waals surface area (Å²) in [6.07, 6.45) is 7.41. The Labute approximate surface area is 124 Å². The topological polar surface area (TPSA) is 71.2 Å². The lowest BCUT2D eigenvalue weighted by molar-refractivity contribution is -0.135. The molecular formula is C15H20N4O2. The SMILES string of the molecule is C[C@@H](C(=O)N(CCCO)Cc1ccncc1)n1cccn1. The number of aliphatic hydroxyl groups is 1. The zero-order valence-electron chi connectivity index (χ0n) is 12.1. The van der Waals surface area contributed by atoms with Gasteiger partial charge in [-0.25, -0.2) is 0 Å². The van der Waals surface area contributed by atoms with Crippen LogP contribution < -0.4 is 0 Å². The van der Waals surface area contributed by atoms with Gasteiger partial charge >= 0.3 is 0 Å². The van der Waals surface area contributed by atoms with E-state index in [2.05, 4.69) is 10.1 Å². The molecule has 2 aromatic heterocycles. The van der Waals surface area contributed by atoms with Crippen LogP contribution in [0.15, 0.2) is 43.0 Å².